The maximum absolute atomic E-state index is 12.5. The number of nitrogens with zero attached hydrogens (tertiary/aromatic N) is 2. The number of aromatic nitrogens is 1. The van der Waals surface area contributed by atoms with Crippen LogP contribution in [-0.2, 0) is 9.84 Å². The molecule has 1 atom stereocenters. The first-order valence-electron chi connectivity index (χ1n) is 6.72. The van der Waals surface area contributed by atoms with Gasteiger partial charge in [0.05, 0.1) is 16.5 Å². The highest BCUT2D eigenvalue weighted by Gasteiger charge is 2.34. The topological polar surface area (TPSA) is 76.6 Å². The van der Waals surface area contributed by atoms with Crippen molar-refractivity contribution in [2.24, 2.45) is 0 Å². The molecular weight excluding hydrogens is 328 g/mol. The van der Waals surface area contributed by atoms with Gasteiger partial charge in [0.25, 0.3) is 5.91 Å². The molecule has 1 aliphatic rings. The van der Waals surface area contributed by atoms with Gasteiger partial charge in [0, 0.05) is 19.2 Å². The van der Waals surface area contributed by atoms with Crippen molar-refractivity contribution in [1.29, 1.82) is 0 Å². The minimum atomic E-state index is -3.07. The van der Waals surface area contributed by atoms with Gasteiger partial charge in [0.1, 0.15) is 6.61 Å². The molecule has 1 saturated heterocycles. The molecule has 0 spiro atoms. The molecule has 22 heavy (non-hydrogen) atoms. The largest absolute Gasteiger partial charge is 0.473 e. The molecule has 0 N–H and O–H groups in total. The molecule has 8 heteroatoms. The molecule has 2 rings (SSSR count). The fraction of sp³-hybridized carbons (Fsp3) is 0.429. The predicted octanol–water partition coefficient (Wildman–Crippen LogP) is 1.56. The molecule has 6 nitrogen and oxygen atoms in total. The van der Waals surface area contributed by atoms with Crippen LogP contribution in [0, 0.1) is 0 Å². The summed E-state index contributed by atoms with van der Waals surface area (Å²) < 4.78 is 28.4. The van der Waals surface area contributed by atoms with Crippen LogP contribution >= 0.6 is 11.6 Å². The molecule has 0 aromatic carbocycles. The lowest BCUT2D eigenvalue weighted by molar-refractivity contribution is 0.0741. The van der Waals surface area contributed by atoms with Crippen molar-refractivity contribution >= 4 is 27.3 Å². The van der Waals surface area contributed by atoms with Crippen molar-refractivity contribution in [2.75, 3.05) is 25.2 Å². The van der Waals surface area contributed by atoms with Crippen molar-refractivity contribution in [3.05, 3.63) is 35.5 Å². The molecular formula is C14H17ClN2O4S. The molecule has 0 unspecified atom stereocenters. The highest BCUT2D eigenvalue weighted by Crippen LogP contribution is 2.23. The normalized spacial score (nSPS) is 19.6. The summed E-state index contributed by atoms with van der Waals surface area (Å²) in [6.45, 7) is 3.80. The third-order valence-corrected chi connectivity index (χ3v) is 5.50. The molecule has 1 aromatic rings. The highest BCUT2D eigenvalue weighted by molar-refractivity contribution is 7.91. The summed E-state index contributed by atoms with van der Waals surface area (Å²) in [7, 11) is -1.51. The Morgan fingerprint density at radius 3 is 2.91 bits per heavy atom. The molecule has 0 saturated carbocycles. The Morgan fingerprint density at radius 2 is 2.32 bits per heavy atom. The number of halogens is 1. The van der Waals surface area contributed by atoms with Crippen molar-refractivity contribution in [2.45, 2.75) is 12.5 Å². The third-order valence-electron chi connectivity index (χ3n) is 3.45. The zero-order chi connectivity index (χ0) is 16.3. The number of sulfone groups is 1. The first-order chi connectivity index (χ1) is 10.3. The quantitative estimate of drug-likeness (QED) is 0.757. The van der Waals surface area contributed by atoms with Gasteiger partial charge < -0.3 is 9.64 Å². The zero-order valence-electron chi connectivity index (χ0n) is 12.2. The van der Waals surface area contributed by atoms with E-state index in [0.29, 0.717) is 6.42 Å². The second kappa shape index (κ2) is 6.66. The lowest BCUT2D eigenvalue weighted by Gasteiger charge is -2.23. The number of hydrogen-bond acceptors (Lipinski definition) is 5. The maximum atomic E-state index is 12.5. The number of ether oxygens (including phenoxy) is 1. The van der Waals surface area contributed by atoms with Crippen LogP contribution in [-0.4, -0.2) is 55.4 Å². The van der Waals surface area contributed by atoms with Gasteiger partial charge in [-0.1, -0.05) is 24.3 Å². The standard InChI is InChI=1S/C14H17ClN2O4S/c1-3-7-21-12-5-4-11(15)13(16-12)14(18)17(2)10-6-8-22(19,20)9-10/h3-5,10H,1,6-9H2,2H3/t10-/m1/s1. The minimum Gasteiger partial charge on any atom is -0.473 e. The first-order valence-corrected chi connectivity index (χ1v) is 8.92. The minimum absolute atomic E-state index is 0.0283. The molecule has 1 aliphatic heterocycles. The van der Waals surface area contributed by atoms with E-state index in [4.69, 9.17) is 16.3 Å². The van der Waals surface area contributed by atoms with E-state index in [1.165, 1.54) is 11.0 Å². The molecule has 2 heterocycles. The van der Waals surface area contributed by atoms with E-state index in [2.05, 4.69) is 11.6 Å². The summed E-state index contributed by atoms with van der Waals surface area (Å²) in [6, 6.07) is 2.73. The Hall–Kier alpha value is -1.60. The summed E-state index contributed by atoms with van der Waals surface area (Å²) in [5, 5.41) is 0.198. The van der Waals surface area contributed by atoms with Crippen molar-refractivity contribution in [3.63, 3.8) is 0 Å². The van der Waals surface area contributed by atoms with Crippen LogP contribution in [0.25, 0.3) is 0 Å². The van der Waals surface area contributed by atoms with Gasteiger partial charge in [-0.05, 0) is 12.5 Å². The average molecular weight is 345 g/mol. The van der Waals surface area contributed by atoms with Gasteiger partial charge in [-0.2, -0.15) is 0 Å². The Balaban J connectivity index is 2.19. The fourth-order valence-electron chi connectivity index (χ4n) is 2.21. The van der Waals surface area contributed by atoms with Gasteiger partial charge in [0.2, 0.25) is 5.88 Å². The van der Waals surface area contributed by atoms with Crippen LogP contribution < -0.4 is 4.74 Å². The molecule has 0 aliphatic carbocycles. The highest BCUT2D eigenvalue weighted by atomic mass is 35.5. The Morgan fingerprint density at radius 1 is 1.59 bits per heavy atom. The molecule has 1 fully saturated rings. The van der Waals surface area contributed by atoms with E-state index in [1.54, 1.807) is 19.2 Å². The summed E-state index contributed by atoms with van der Waals surface area (Å²) in [5.74, 6) is -0.0883. The van der Waals surface area contributed by atoms with Crippen LogP contribution in [0.3, 0.4) is 0 Å². The van der Waals surface area contributed by atoms with Crippen molar-refractivity contribution in [1.82, 2.24) is 9.88 Å². The predicted molar refractivity (Wildman–Crippen MR) is 84.1 cm³/mol. The second-order valence-electron chi connectivity index (χ2n) is 5.05. The fourth-order valence-corrected chi connectivity index (χ4v) is 4.17. The van der Waals surface area contributed by atoms with E-state index in [0.717, 1.165) is 0 Å². The summed E-state index contributed by atoms with van der Waals surface area (Å²) >= 11 is 6.03. The van der Waals surface area contributed by atoms with Crippen LogP contribution in [0.5, 0.6) is 5.88 Å². The van der Waals surface area contributed by atoms with Gasteiger partial charge in [0.15, 0.2) is 15.5 Å². The summed E-state index contributed by atoms with van der Waals surface area (Å²) in [4.78, 5) is 18.0. The van der Waals surface area contributed by atoms with Gasteiger partial charge in [-0.15, -0.1) is 0 Å². The van der Waals surface area contributed by atoms with Crippen LogP contribution in [0.15, 0.2) is 24.8 Å². The molecule has 0 bridgehead atoms. The Kier molecular flexibility index (Phi) is 5.08. The number of carbonyl (C=O) groups is 1. The van der Waals surface area contributed by atoms with Crippen LogP contribution in [0.2, 0.25) is 5.02 Å². The zero-order valence-corrected chi connectivity index (χ0v) is 13.7. The smallest absolute Gasteiger partial charge is 0.274 e. The Bertz CT molecular complexity index is 690. The van der Waals surface area contributed by atoms with E-state index < -0.39 is 15.7 Å². The first kappa shape index (κ1) is 16.8. The van der Waals surface area contributed by atoms with Crippen molar-refractivity contribution in [3.8, 4) is 5.88 Å². The average Bonchev–Trinajstić information content (AvgIpc) is 2.85. The van der Waals surface area contributed by atoms with Crippen LogP contribution in [0.1, 0.15) is 16.9 Å². The number of rotatable bonds is 5. The number of pyridine rings is 1. The molecule has 1 amide bonds. The number of hydrogen-bond donors (Lipinski definition) is 0. The lowest BCUT2D eigenvalue weighted by atomic mass is 10.2. The second-order valence-corrected chi connectivity index (χ2v) is 7.69. The summed E-state index contributed by atoms with van der Waals surface area (Å²) in [5.41, 5.74) is 0.0510. The molecule has 0 radical (unpaired) electrons. The SMILES string of the molecule is C=CCOc1ccc(Cl)c(C(=O)N(C)[C@@H]2CCS(=O)(=O)C2)n1. The lowest BCUT2D eigenvalue weighted by Crippen LogP contribution is -2.38. The van der Waals surface area contributed by atoms with E-state index >= 15 is 0 Å². The van der Waals surface area contributed by atoms with Crippen LogP contribution in [0.4, 0.5) is 0 Å². The van der Waals surface area contributed by atoms with Crippen molar-refractivity contribution < 1.29 is 17.9 Å². The molecule has 1 aromatic heterocycles. The summed E-state index contributed by atoms with van der Waals surface area (Å²) in [6.07, 6.45) is 1.99. The van der Waals surface area contributed by atoms with E-state index in [-0.39, 0.29) is 40.8 Å². The third kappa shape index (κ3) is 3.78. The number of amides is 1. The van der Waals surface area contributed by atoms with Gasteiger partial charge >= 0.3 is 0 Å². The monoisotopic (exact) mass is 344 g/mol. The van der Waals surface area contributed by atoms with Gasteiger partial charge in [-0.3, -0.25) is 4.79 Å². The van der Waals surface area contributed by atoms with Gasteiger partial charge in [-0.25, -0.2) is 13.4 Å². The van der Waals surface area contributed by atoms with E-state index in [1.807, 2.05) is 0 Å². The maximum Gasteiger partial charge on any atom is 0.274 e. The van der Waals surface area contributed by atoms with E-state index in [9.17, 15) is 13.2 Å². The Labute approximate surface area is 134 Å². The molecule has 120 valence electrons. The number of carbonyl (C=O) groups excluding carboxylic acids is 1.